The van der Waals surface area contributed by atoms with Gasteiger partial charge < -0.3 is 14.2 Å². The molecule has 0 aromatic heterocycles. The minimum absolute atomic E-state index is 0.0651. The summed E-state index contributed by atoms with van der Waals surface area (Å²) >= 11 is 0. The quantitative estimate of drug-likeness (QED) is 0.853. The average Bonchev–Trinajstić information content (AvgIpc) is 3.09. The Morgan fingerprint density at radius 1 is 1.42 bits per heavy atom. The van der Waals surface area contributed by atoms with Crippen molar-refractivity contribution in [1.82, 2.24) is 0 Å². The Balaban J connectivity index is 2.08. The SMILES string of the molecule is COc1ccc(NC(=O)OC(C)(C)C)cc1[C@@H]1CO1. The van der Waals surface area contributed by atoms with Gasteiger partial charge in [-0.05, 0) is 39.0 Å². The number of ether oxygens (including phenoxy) is 3. The van der Waals surface area contributed by atoms with E-state index in [0.29, 0.717) is 12.3 Å². The summed E-state index contributed by atoms with van der Waals surface area (Å²) in [6.45, 7) is 6.16. The second kappa shape index (κ2) is 5.09. The number of methoxy groups -OCH3 is 1. The molecule has 1 aliphatic heterocycles. The lowest BCUT2D eigenvalue weighted by atomic mass is 10.1. The van der Waals surface area contributed by atoms with Gasteiger partial charge in [0.05, 0.1) is 13.7 Å². The second-order valence-corrected chi connectivity index (χ2v) is 5.41. The molecular weight excluding hydrogens is 246 g/mol. The molecule has 0 unspecified atom stereocenters. The molecule has 0 saturated carbocycles. The second-order valence-electron chi connectivity index (χ2n) is 5.41. The monoisotopic (exact) mass is 265 g/mol. The van der Waals surface area contributed by atoms with Gasteiger partial charge >= 0.3 is 6.09 Å². The molecule has 1 amide bonds. The van der Waals surface area contributed by atoms with Crippen LogP contribution in [0.4, 0.5) is 10.5 Å². The van der Waals surface area contributed by atoms with Crippen molar-refractivity contribution in [3.05, 3.63) is 23.8 Å². The van der Waals surface area contributed by atoms with Crippen molar-refractivity contribution in [2.75, 3.05) is 19.0 Å². The van der Waals surface area contributed by atoms with Gasteiger partial charge in [-0.15, -0.1) is 0 Å². The lowest BCUT2D eigenvalue weighted by Crippen LogP contribution is -2.27. The van der Waals surface area contributed by atoms with Crippen LogP contribution in [0.2, 0.25) is 0 Å². The van der Waals surface area contributed by atoms with Gasteiger partial charge in [0.15, 0.2) is 0 Å². The van der Waals surface area contributed by atoms with E-state index in [1.807, 2.05) is 32.9 Å². The van der Waals surface area contributed by atoms with Gasteiger partial charge in [-0.2, -0.15) is 0 Å². The molecule has 0 aliphatic carbocycles. The number of benzene rings is 1. The fraction of sp³-hybridized carbons (Fsp3) is 0.500. The predicted octanol–water partition coefficient (Wildman–Crippen LogP) is 3.11. The summed E-state index contributed by atoms with van der Waals surface area (Å²) in [6, 6.07) is 5.43. The third-order valence-electron chi connectivity index (χ3n) is 2.56. The van der Waals surface area contributed by atoms with Crippen LogP contribution in [-0.4, -0.2) is 25.4 Å². The number of anilines is 1. The number of hydrogen-bond acceptors (Lipinski definition) is 4. The summed E-state index contributed by atoms with van der Waals surface area (Å²) in [5.74, 6) is 0.761. The molecule has 19 heavy (non-hydrogen) atoms. The Kier molecular flexibility index (Phi) is 3.66. The zero-order chi connectivity index (χ0) is 14.0. The van der Waals surface area contributed by atoms with Crippen LogP contribution in [0.5, 0.6) is 5.75 Å². The van der Waals surface area contributed by atoms with Crippen molar-refractivity contribution in [2.45, 2.75) is 32.5 Å². The fourth-order valence-electron chi connectivity index (χ4n) is 1.71. The summed E-state index contributed by atoms with van der Waals surface area (Å²) in [6.07, 6.45) is -0.407. The Morgan fingerprint density at radius 3 is 2.63 bits per heavy atom. The van der Waals surface area contributed by atoms with Gasteiger partial charge in [-0.3, -0.25) is 5.32 Å². The van der Waals surface area contributed by atoms with Crippen LogP contribution in [0.1, 0.15) is 32.4 Å². The van der Waals surface area contributed by atoms with E-state index in [2.05, 4.69) is 5.32 Å². The van der Waals surface area contributed by atoms with Gasteiger partial charge in [-0.1, -0.05) is 0 Å². The lowest BCUT2D eigenvalue weighted by molar-refractivity contribution is 0.0636. The van der Waals surface area contributed by atoms with E-state index in [9.17, 15) is 4.79 Å². The van der Waals surface area contributed by atoms with Crippen molar-refractivity contribution in [1.29, 1.82) is 0 Å². The van der Waals surface area contributed by atoms with E-state index >= 15 is 0 Å². The molecule has 2 rings (SSSR count). The van der Waals surface area contributed by atoms with Gasteiger partial charge in [-0.25, -0.2) is 4.79 Å². The molecule has 1 aromatic rings. The molecule has 1 atom stereocenters. The Bertz CT molecular complexity index is 475. The highest BCUT2D eigenvalue weighted by molar-refractivity contribution is 5.85. The minimum Gasteiger partial charge on any atom is -0.496 e. The summed E-state index contributed by atoms with van der Waals surface area (Å²) in [5, 5.41) is 2.70. The van der Waals surface area contributed by atoms with E-state index in [4.69, 9.17) is 14.2 Å². The van der Waals surface area contributed by atoms with Crippen molar-refractivity contribution in [3.8, 4) is 5.75 Å². The number of nitrogens with one attached hydrogen (secondary N) is 1. The molecule has 1 aliphatic rings. The smallest absolute Gasteiger partial charge is 0.412 e. The third kappa shape index (κ3) is 3.86. The molecule has 1 aromatic carbocycles. The van der Waals surface area contributed by atoms with Crippen LogP contribution in [0, 0.1) is 0 Å². The van der Waals surface area contributed by atoms with Crippen molar-refractivity contribution >= 4 is 11.8 Å². The van der Waals surface area contributed by atoms with E-state index in [1.54, 1.807) is 13.2 Å². The molecule has 5 nitrogen and oxygen atoms in total. The molecule has 104 valence electrons. The van der Waals surface area contributed by atoms with E-state index in [0.717, 1.165) is 11.3 Å². The molecule has 1 heterocycles. The number of carbonyl (C=O) groups is 1. The van der Waals surface area contributed by atoms with Crippen molar-refractivity contribution < 1.29 is 19.0 Å². The van der Waals surface area contributed by atoms with Gasteiger partial charge in [0, 0.05) is 11.3 Å². The molecule has 1 fully saturated rings. The number of epoxide rings is 1. The number of rotatable bonds is 3. The van der Waals surface area contributed by atoms with Crippen molar-refractivity contribution in [2.24, 2.45) is 0 Å². The number of carbonyl (C=O) groups excluding carboxylic acids is 1. The number of hydrogen-bond donors (Lipinski definition) is 1. The van der Waals surface area contributed by atoms with Crippen LogP contribution in [0.3, 0.4) is 0 Å². The zero-order valence-corrected chi connectivity index (χ0v) is 11.6. The van der Waals surface area contributed by atoms with Crippen LogP contribution in [0.25, 0.3) is 0 Å². The largest absolute Gasteiger partial charge is 0.496 e. The highest BCUT2D eigenvalue weighted by Gasteiger charge is 2.28. The maximum Gasteiger partial charge on any atom is 0.412 e. The zero-order valence-electron chi connectivity index (χ0n) is 11.6. The minimum atomic E-state index is -0.515. The molecule has 5 heteroatoms. The fourth-order valence-corrected chi connectivity index (χ4v) is 1.71. The summed E-state index contributed by atoms with van der Waals surface area (Å²) < 4.78 is 15.7. The molecule has 1 saturated heterocycles. The van der Waals surface area contributed by atoms with Crippen LogP contribution < -0.4 is 10.1 Å². The lowest BCUT2D eigenvalue weighted by Gasteiger charge is -2.20. The standard InChI is InChI=1S/C14H19NO4/c1-14(2,3)19-13(16)15-9-5-6-11(17-4)10(7-9)12-8-18-12/h5-7,12H,8H2,1-4H3,(H,15,16)/t12-/m0/s1. The third-order valence-corrected chi connectivity index (χ3v) is 2.56. The molecular formula is C14H19NO4. The average molecular weight is 265 g/mol. The van der Waals surface area contributed by atoms with E-state index in [-0.39, 0.29) is 6.10 Å². The Morgan fingerprint density at radius 2 is 2.11 bits per heavy atom. The normalized spacial score (nSPS) is 17.8. The van der Waals surface area contributed by atoms with Crippen LogP contribution >= 0.6 is 0 Å². The maximum absolute atomic E-state index is 11.7. The van der Waals surface area contributed by atoms with Gasteiger partial charge in [0.2, 0.25) is 0 Å². The molecule has 0 spiro atoms. The first-order chi connectivity index (χ1) is 8.89. The van der Waals surface area contributed by atoms with E-state index < -0.39 is 11.7 Å². The topological polar surface area (TPSA) is 60.1 Å². The summed E-state index contributed by atoms with van der Waals surface area (Å²) in [4.78, 5) is 11.7. The first-order valence-electron chi connectivity index (χ1n) is 6.18. The highest BCUT2D eigenvalue weighted by Crippen LogP contribution is 2.37. The van der Waals surface area contributed by atoms with E-state index in [1.165, 1.54) is 0 Å². The highest BCUT2D eigenvalue weighted by atomic mass is 16.6. The maximum atomic E-state index is 11.7. The number of amides is 1. The van der Waals surface area contributed by atoms with Crippen LogP contribution in [-0.2, 0) is 9.47 Å². The summed E-state index contributed by atoms with van der Waals surface area (Å²) in [7, 11) is 1.61. The van der Waals surface area contributed by atoms with Gasteiger partial charge in [0.1, 0.15) is 17.5 Å². The predicted molar refractivity (Wildman–Crippen MR) is 71.5 cm³/mol. The first-order valence-corrected chi connectivity index (χ1v) is 6.18. The summed E-state index contributed by atoms with van der Waals surface area (Å²) in [5.41, 5.74) is 1.09. The first kappa shape index (κ1) is 13.7. The molecule has 1 N–H and O–H groups in total. The Labute approximate surface area is 112 Å². The van der Waals surface area contributed by atoms with Crippen molar-refractivity contribution in [3.63, 3.8) is 0 Å². The molecule has 0 bridgehead atoms. The van der Waals surface area contributed by atoms with Gasteiger partial charge in [0.25, 0.3) is 0 Å². The molecule has 0 radical (unpaired) electrons. The Hall–Kier alpha value is -1.75. The van der Waals surface area contributed by atoms with Crippen LogP contribution in [0.15, 0.2) is 18.2 Å².